The Morgan fingerprint density at radius 2 is 2.12 bits per heavy atom. The highest BCUT2D eigenvalue weighted by atomic mass is 32.1. The molecule has 1 aromatic heterocycles. The van der Waals surface area contributed by atoms with Crippen molar-refractivity contribution in [3.63, 3.8) is 0 Å². The number of amides is 2. The van der Waals surface area contributed by atoms with Gasteiger partial charge in [-0.2, -0.15) is 5.26 Å². The van der Waals surface area contributed by atoms with E-state index in [0.29, 0.717) is 17.8 Å². The topological polar surface area (TPSA) is 77.3 Å². The number of aromatic nitrogens is 1. The van der Waals surface area contributed by atoms with E-state index in [-0.39, 0.29) is 30.8 Å². The van der Waals surface area contributed by atoms with Crippen LogP contribution in [0.5, 0.6) is 0 Å². The van der Waals surface area contributed by atoms with Gasteiger partial charge in [0.15, 0.2) is 0 Å². The second kappa shape index (κ2) is 7.26. The minimum absolute atomic E-state index is 0.0244. The van der Waals surface area contributed by atoms with Crippen molar-refractivity contribution >= 4 is 28.8 Å². The number of para-hydroxylation sites is 1. The highest BCUT2D eigenvalue weighted by Gasteiger charge is 2.34. The molecule has 1 aliphatic heterocycles. The summed E-state index contributed by atoms with van der Waals surface area (Å²) in [6.07, 6.45) is 0.268. The molecule has 0 radical (unpaired) electrons. The lowest BCUT2D eigenvalue weighted by Crippen LogP contribution is -2.57. The van der Waals surface area contributed by atoms with Crippen molar-refractivity contribution in [2.45, 2.75) is 33.2 Å². The van der Waals surface area contributed by atoms with Gasteiger partial charge >= 0.3 is 0 Å². The van der Waals surface area contributed by atoms with E-state index < -0.39 is 0 Å². The number of hydrogen-bond donors (Lipinski definition) is 0. The number of nitriles is 1. The van der Waals surface area contributed by atoms with Gasteiger partial charge in [-0.25, -0.2) is 4.98 Å². The Labute approximate surface area is 156 Å². The van der Waals surface area contributed by atoms with Crippen LogP contribution in [0.4, 0.5) is 5.69 Å². The number of hydrogen-bond acceptors (Lipinski definition) is 5. The summed E-state index contributed by atoms with van der Waals surface area (Å²) < 4.78 is 0. The standard InChI is InChI=1S/C19H20N4O2S/c1-12-10-23(16-7-5-4-6-15(16)9-20)19(25)11-22(12)18(24)8-17-13(2)21-14(3)26-17/h4-7,12H,8,10-11H2,1-3H3/t12-/m0/s1. The summed E-state index contributed by atoms with van der Waals surface area (Å²) in [7, 11) is 0. The molecule has 0 bridgehead atoms. The first-order valence-electron chi connectivity index (χ1n) is 8.42. The zero-order valence-electron chi connectivity index (χ0n) is 15.0. The highest BCUT2D eigenvalue weighted by molar-refractivity contribution is 7.11. The van der Waals surface area contributed by atoms with E-state index in [1.807, 2.05) is 20.8 Å². The van der Waals surface area contributed by atoms with Crippen LogP contribution in [0.15, 0.2) is 24.3 Å². The predicted molar refractivity (Wildman–Crippen MR) is 100.0 cm³/mol. The van der Waals surface area contributed by atoms with Crippen molar-refractivity contribution in [1.82, 2.24) is 9.88 Å². The van der Waals surface area contributed by atoms with Gasteiger partial charge in [0.1, 0.15) is 12.6 Å². The van der Waals surface area contributed by atoms with Crippen LogP contribution in [-0.2, 0) is 16.0 Å². The Morgan fingerprint density at radius 3 is 2.77 bits per heavy atom. The van der Waals surface area contributed by atoms with E-state index in [0.717, 1.165) is 15.6 Å². The summed E-state index contributed by atoms with van der Waals surface area (Å²) in [5.41, 5.74) is 1.94. The zero-order valence-corrected chi connectivity index (χ0v) is 15.8. The molecule has 2 amide bonds. The van der Waals surface area contributed by atoms with Crippen molar-refractivity contribution in [2.75, 3.05) is 18.0 Å². The number of rotatable bonds is 3. The van der Waals surface area contributed by atoms with Gasteiger partial charge in [0.2, 0.25) is 11.8 Å². The molecular formula is C19H20N4O2S. The quantitative estimate of drug-likeness (QED) is 0.834. The van der Waals surface area contributed by atoms with E-state index in [1.165, 1.54) is 11.3 Å². The smallest absolute Gasteiger partial charge is 0.246 e. The molecule has 2 heterocycles. The molecule has 6 nitrogen and oxygen atoms in total. The van der Waals surface area contributed by atoms with Crippen molar-refractivity contribution in [3.05, 3.63) is 45.4 Å². The van der Waals surface area contributed by atoms with E-state index in [1.54, 1.807) is 34.1 Å². The van der Waals surface area contributed by atoms with Gasteiger partial charge in [0.05, 0.1) is 28.4 Å². The van der Waals surface area contributed by atoms with Crippen molar-refractivity contribution in [2.24, 2.45) is 0 Å². The second-order valence-corrected chi connectivity index (χ2v) is 7.71. The molecule has 1 atom stereocenters. The maximum atomic E-state index is 12.7. The number of aryl methyl sites for hydroxylation is 2. The SMILES string of the molecule is Cc1nc(C)c(CC(=O)N2CC(=O)N(c3ccccc3C#N)C[C@@H]2C)s1. The molecule has 0 aliphatic carbocycles. The van der Waals surface area contributed by atoms with Crippen LogP contribution in [0.2, 0.25) is 0 Å². The van der Waals surface area contributed by atoms with Crippen LogP contribution in [-0.4, -0.2) is 40.8 Å². The third-order valence-corrected chi connectivity index (χ3v) is 5.61. The summed E-state index contributed by atoms with van der Waals surface area (Å²) in [6.45, 7) is 6.15. The van der Waals surface area contributed by atoms with Gasteiger partial charge in [0.25, 0.3) is 0 Å². The maximum Gasteiger partial charge on any atom is 0.246 e. The molecule has 2 aromatic rings. The van der Waals surface area contributed by atoms with Crippen LogP contribution in [0.25, 0.3) is 0 Å². The van der Waals surface area contributed by atoms with Crippen LogP contribution in [0.1, 0.15) is 28.1 Å². The monoisotopic (exact) mass is 368 g/mol. The second-order valence-electron chi connectivity index (χ2n) is 6.42. The summed E-state index contributed by atoms with van der Waals surface area (Å²) in [5, 5.41) is 10.2. The van der Waals surface area contributed by atoms with Gasteiger partial charge in [-0.1, -0.05) is 12.1 Å². The average molecular weight is 368 g/mol. The maximum absolute atomic E-state index is 12.7. The van der Waals surface area contributed by atoms with Crippen molar-refractivity contribution in [1.29, 1.82) is 5.26 Å². The molecule has 26 heavy (non-hydrogen) atoms. The van der Waals surface area contributed by atoms with Gasteiger partial charge in [-0.05, 0) is 32.9 Å². The lowest BCUT2D eigenvalue weighted by atomic mass is 10.1. The summed E-state index contributed by atoms with van der Waals surface area (Å²) in [5.74, 6) is -0.234. The molecule has 0 spiro atoms. The Bertz CT molecular complexity index is 899. The fourth-order valence-corrected chi connectivity index (χ4v) is 4.13. The normalized spacial score (nSPS) is 17.3. The lowest BCUT2D eigenvalue weighted by molar-refractivity contribution is -0.138. The minimum atomic E-state index is -0.170. The van der Waals surface area contributed by atoms with E-state index in [4.69, 9.17) is 0 Å². The van der Waals surface area contributed by atoms with Crippen LogP contribution >= 0.6 is 11.3 Å². The molecule has 3 rings (SSSR count). The molecule has 7 heteroatoms. The molecule has 134 valence electrons. The molecule has 1 aromatic carbocycles. The number of thiazole rings is 1. The van der Waals surface area contributed by atoms with Crippen molar-refractivity contribution in [3.8, 4) is 6.07 Å². The van der Waals surface area contributed by atoms with Gasteiger partial charge in [0, 0.05) is 17.5 Å². The van der Waals surface area contributed by atoms with Crippen LogP contribution in [0.3, 0.4) is 0 Å². The largest absolute Gasteiger partial charge is 0.329 e. The number of carbonyl (C=O) groups excluding carboxylic acids is 2. The lowest BCUT2D eigenvalue weighted by Gasteiger charge is -2.39. The minimum Gasteiger partial charge on any atom is -0.329 e. The molecule has 1 saturated heterocycles. The average Bonchev–Trinajstić information content (AvgIpc) is 2.93. The third kappa shape index (κ3) is 3.46. The van der Waals surface area contributed by atoms with E-state index in [9.17, 15) is 14.9 Å². The molecule has 0 saturated carbocycles. The first kappa shape index (κ1) is 18.1. The van der Waals surface area contributed by atoms with Gasteiger partial charge in [-0.15, -0.1) is 11.3 Å². The summed E-state index contributed by atoms with van der Waals surface area (Å²) in [4.78, 5) is 33.9. The fraction of sp³-hybridized carbons (Fsp3) is 0.368. The molecule has 0 N–H and O–H groups in total. The third-order valence-electron chi connectivity index (χ3n) is 4.53. The van der Waals surface area contributed by atoms with E-state index in [2.05, 4.69) is 11.1 Å². The summed E-state index contributed by atoms with van der Waals surface area (Å²) in [6, 6.07) is 9.04. The first-order valence-corrected chi connectivity index (χ1v) is 9.24. The molecular weight excluding hydrogens is 348 g/mol. The number of nitrogens with zero attached hydrogens (tertiary/aromatic N) is 4. The highest BCUT2D eigenvalue weighted by Crippen LogP contribution is 2.25. The first-order chi connectivity index (χ1) is 12.4. The molecule has 1 aliphatic rings. The summed E-state index contributed by atoms with van der Waals surface area (Å²) >= 11 is 1.52. The number of carbonyl (C=O) groups is 2. The van der Waals surface area contributed by atoms with Crippen molar-refractivity contribution < 1.29 is 9.59 Å². The molecule has 1 fully saturated rings. The van der Waals surface area contributed by atoms with Gasteiger partial charge in [-0.3, -0.25) is 9.59 Å². The molecule has 0 unspecified atom stereocenters. The number of anilines is 1. The Hall–Kier alpha value is -2.72. The zero-order chi connectivity index (χ0) is 18.8. The van der Waals surface area contributed by atoms with Gasteiger partial charge < -0.3 is 9.80 Å². The number of benzene rings is 1. The fourth-order valence-electron chi connectivity index (χ4n) is 3.20. The Morgan fingerprint density at radius 1 is 1.38 bits per heavy atom. The van der Waals surface area contributed by atoms with Crippen LogP contribution in [0, 0.1) is 25.2 Å². The Kier molecular flexibility index (Phi) is 5.05. The van der Waals surface area contributed by atoms with Crippen LogP contribution < -0.4 is 4.90 Å². The predicted octanol–water partition coefficient (Wildman–Crippen LogP) is 2.44. The number of piperazine rings is 1. The Balaban J connectivity index is 1.76. The van der Waals surface area contributed by atoms with E-state index >= 15 is 0 Å².